The SMILES string of the molecule is O=C(Cc1ccccc1F)C(O)C1CCCCC1. The van der Waals surface area contributed by atoms with E-state index in [1.807, 2.05) is 0 Å². The number of rotatable bonds is 4. The second-order valence-electron chi connectivity index (χ2n) is 5.08. The Bertz CT molecular complexity index is 411. The number of aliphatic hydroxyl groups is 1. The summed E-state index contributed by atoms with van der Waals surface area (Å²) in [5.41, 5.74) is 0.373. The molecule has 0 aliphatic heterocycles. The van der Waals surface area contributed by atoms with Crippen LogP contribution in [0, 0.1) is 11.7 Å². The van der Waals surface area contributed by atoms with Gasteiger partial charge in [-0.1, -0.05) is 37.5 Å². The number of hydrogen-bond donors (Lipinski definition) is 1. The van der Waals surface area contributed by atoms with Crippen LogP contribution < -0.4 is 0 Å². The maximum Gasteiger partial charge on any atom is 0.166 e. The summed E-state index contributed by atoms with van der Waals surface area (Å²) < 4.78 is 13.4. The molecule has 1 aliphatic carbocycles. The van der Waals surface area contributed by atoms with Crippen LogP contribution in [-0.2, 0) is 11.2 Å². The van der Waals surface area contributed by atoms with Crippen LogP contribution in [-0.4, -0.2) is 17.0 Å². The molecule has 0 heterocycles. The standard InChI is InChI=1S/C15H19FO2/c16-13-9-5-4-8-12(13)10-14(17)15(18)11-6-2-1-3-7-11/h4-5,8-9,11,15,18H,1-3,6-7,10H2. The molecule has 1 saturated carbocycles. The summed E-state index contributed by atoms with van der Waals surface area (Å²) in [6, 6.07) is 6.25. The third kappa shape index (κ3) is 3.16. The van der Waals surface area contributed by atoms with Gasteiger partial charge in [0.15, 0.2) is 5.78 Å². The topological polar surface area (TPSA) is 37.3 Å². The fraction of sp³-hybridized carbons (Fsp3) is 0.533. The average molecular weight is 250 g/mol. The molecule has 0 bridgehead atoms. The van der Waals surface area contributed by atoms with Crippen LogP contribution in [0.25, 0.3) is 0 Å². The van der Waals surface area contributed by atoms with Gasteiger partial charge in [0.05, 0.1) is 0 Å². The predicted molar refractivity (Wildman–Crippen MR) is 67.7 cm³/mol. The van der Waals surface area contributed by atoms with Gasteiger partial charge in [-0.3, -0.25) is 4.79 Å². The van der Waals surface area contributed by atoms with Gasteiger partial charge in [-0.15, -0.1) is 0 Å². The first-order valence-corrected chi connectivity index (χ1v) is 6.62. The van der Waals surface area contributed by atoms with Gasteiger partial charge in [-0.05, 0) is 30.4 Å². The smallest absolute Gasteiger partial charge is 0.166 e. The molecule has 98 valence electrons. The molecule has 0 saturated heterocycles. The van der Waals surface area contributed by atoms with Crippen LogP contribution in [0.4, 0.5) is 4.39 Å². The van der Waals surface area contributed by atoms with E-state index < -0.39 is 6.10 Å². The first-order valence-electron chi connectivity index (χ1n) is 6.62. The highest BCUT2D eigenvalue weighted by Gasteiger charge is 2.27. The summed E-state index contributed by atoms with van der Waals surface area (Å²) in [7, 11) is 0. The first kappa shape index (κ1) is 13.2. The molecule has 0 radical (unpaired) electrons. The summed E-state index contributed by atoms with van der Waals surface area (Å²) in [4.78, 5) is 11.9. The van der Waals surface area contributed by atoms with E-state index in [0.717, 1.165) is 25.7 Å². The van der Waals surface area contributed by atoms with E-state index in [9.17, 15) is 14.3 Å². The van der Waals surface area contributed by atoms with Gasteiger partial charge in [0.25, 0.3) is 0 Å². The summed E-state index contributed by atoms with van der Waals surface area (Å²) in [5.74, 6) is -0.563. The first-order chi connectivity index (χ1) is 8.68. The van der Waals surface area contributed by atoms with Crippen LogP contribution >= 0.6 is 0 Å². The molecule has 2 rings (SSSR count). The van der Waals surface area contributed by atoms with Crippen LogP contribution in [0.2, 0.25) is 0 Å². The Morgan fingerprint density at radius 3 is 2.61 bits per heavy atom. The van der Waals surface area contributed by atoms with E-state index in [4.69, 9.17) is 0 Å². The molecule has 1 atom stereocenters. The third-order valence-electron chi connectivity index (χ3n) is 3.75. The zero-order chi connectivity index (χ0) is 13.0. The Kier molecular flexibility index (Phi) is 4.48. The number of ketones is 1. The average Bonchev–Trinajstić information content (AvgIpc) is 2.41. The van der Waals surface area contributed by atoms with Crippen molar-refractivity contribution in [2.75, 3.05) is 0 Å². The highest BCUT2D eigenvalue weighted by Crippen LogP contribution is 2.27. The number of carbonyl (C=O) groups is 1. The zero-order valence-electron chi connectivity index (χ0n) is 10.4. The third-order valence-corrected chi connectivity index (χ3v) is 3.75. The van der Waals surface area contributed by atoms with Gasteiger partial charge in [-0.25, -0.2) is 4.39 Å². The molecule has 1 aliphatic rings. The molecular formula is C15H19FO2. The van der Waals surface area contributed by atoms with Crippen molar-refractivity contribution >= 4 is 5.78 Å². The number of benzene rings is 1. The lowest BCUT2D eigenvalue weighted by atomic mass is 9.83. The fourth-order valence-electron chi connectivity index (χ4n) is 2.65. The van der Waals surface area contributed by atoms with Gasteiger partial charge in [-0.2, -0.15) is 0 Å². The Hall–Kier alpha value is -1.22. The van der Waals surface area contributed by atoms with Crippen molar-refractivity contribution in [3.63, 3.8) is 0 Å². The van der Waals surface area contributed by atoms with Gasteiger partial charge < -0.3 is 5.11 Å². The molecule has 0 amide bonds. The molecule has 1 unspecified atom stereocenters. The number of carbonyl (C=O) groups excluding carboxylic acids is 1. The number of halogens is 1. The molecule has 0 aromatic heterocycles. The van der Waals surface area contributed by atoms with Crippen molar-refractivity contribution in [1.29, 1.82) is 0 Å². The zero-order valence-corrected chi connectivity index (χ0v) is 10.4. The van der Waals surface area contributed by atoms with Crippen LogP contribution in [0.5, 0.6) is 0 Å². The van der Waals surface area contributed by atoms with E-state index >= 15 is 0 Å². The van der Waals surface area contributed by atoms with Crippen molar-refractivity contribution in [2.45, 2.75) is 44.6 Å². The summed E-state index contributed by atoms with van der Waals surface area (Å²) >= 11 is 0. The van der Waals surface area contributed by atoms with Crippen LogP contribution in [0.3, 0.4) is 0 Å². The molecule has 1 aromatic carbocycles. The van der Waals surface area contributed by atoms with Crippen molar-refractivity contribution in [1.82, 2.24) is 0 Å². The minimum Gasteiger partial charge on any atom is -0.385 e. The minimum absolute atomic E-state index is 0.00958. The van der Waals surface area contributed by atoms with Gasteiger partial charge in [0.2, 0.25) is 0 Å². The van der Waals surface area contributed by atoms with Crippen molar-refractivity contribution in [2.24, 2.45) is 5.92 Å². The van der Waals surface area contributed by atoms with Crippen LogP contribution in [0.1, 0.15) is 37.7 Å². The fourth-order valence-corrected chi connectivity index (χ4v) is 2.65. The maximum absolute atomic E-state index is 13.4. The van der Waals surface area contributed by atoms with E-state index in [1.54, 1.807) is 18.2 Å². The highest BCUT2D eigenvalue weighted by molar-refractivity contribution is 5.85. The normalized spacial score (nSPS) is 18.6. The Morgan fingerprint density at radius 2 is 1.94 bits per heavy atom. The van der Waals surface area contributed by atoms with Crippen LogP contribution in [0.15, 0.2) is 24.3 Å². The highest BCUT2D eigenvalue weighted by atomic mass is 19.1. The number of Topliss-reactive ketones (excluding diaryl/α,β-unsaturated/α-hetero) is 1. The van der Waals surface area contributed by atoms with E-state index in [-0.39, 0.29) is 23.9 Å². The second-order valence-corrected chi connectivity index (χ2v) is 5.08. The monoisotopic (exact) mass is 250 g/mol. The molecule has 1 N–H and O–H groups in total. The van der Waals surface area contributed by atoms with Crippen molar-refractivity contribution in [3.05, 3.63) is 35.6 Å². The van der Waals surface area contributed by atoms with Gasteiger partial charge in [0, 0.05) is 6.42 Å². The van der Waals surface area contributed by atoms with E-state index in [0.29, 0.717) is 5.56 Å². The quantitative estimate of drug-likeness (QED) is 0.892. The maximum atomic E-state index is 13.4. The molecule has 3 heteroatoms. The molecule has 1 aromatic rings. The lowest BCUT2D eigenvalue weighted by molar-refractivity contribution is -0.129. The van der Waals surface area contributed by atoms with E-state index in [2.05, 4.69) is 0 Å². The largest absolute Gasteiger partial charge is 0.385 e. The predicted octanol–water partition coefficient (Wildman–Crippen LogP) is 2.88. The molecule has 18 heavy (non-hydrogen) atoms. The lowest BCUT2D eigenvalue weighted by Crippen LogP contribution is -2.32. The van der Waals surface area contributed by atoms with Gasteiger partial charge in [0.1, 0.15) is 11.9 Å². The second kappa shape index (κ2) is 6.10. The van der Waals surface area contributed by atoms with Crippen molar-refractivity contribution < 1.29 is 14.3 Å². The van der Waals surface area contributed by atoms with E-state index in [1.165, 1.54) is 12.5 Å². The number of aliphatic hydroxyl groups excluding tert-OH is 1. The molecular weight excluding hydrogens is 231 g/mol. The molecule has 0 spiro atoms. The lowest BCUT2D eigenvalue weighted by Gasteiger charge is -2.25. The Balaban J connectivity index is 1.97. The minimum atomic E-state index is -0.926. The number of hydrogen-bond acceptors (Lipinski definition) is 2. The summed E-state index contributed by atoms with van der Waals surface area (Å²) in [5, 5.41) is 10.0. The summed E-state index contributed by atoms with van der Waals surface area (Å²) in [6.07, 6.45) is 4.22. The Labute approximate surface area is 107 Å². The van der Waals surface area contributed by atoms with Gasteiger partial charge >= 0.3 is 0 Å². The van der Waals surface area contributed by atoms with Crippen molar-refractivity contribution in [3.8, 4) is 0 Å². The Morgan fingerprint density at radius 1 is 1.28 bits per heavy atom. The summed E-state index contributed by atoms with van der Waals surface area (Å²) in [6.45, 7) is 0. The molecule has 2 nitrogen and oxygen atoms in total. The molecule has 1 fully saturated rings.